The number of aromatic hydroxyl groups is 3. The number of aliphatic hydroxyl groups excluding tert-OH is 4. The zero-order valence-corrected chi connectivity index (χ0v) is 71.4. The second-order valence-electron chi connectivity index (χ2n) is 27.7. The normalized spacial score (nSPS) is 11.1. The van der Waals surface area contributed by atoms with Gasteiger partial charge in [0, 0.05) is 78.0 Å². The summed E-state index contributed by atoms with van der Waals surface area (Å²) in [6.07, 6.45) is 4.53. The number of aliphatic hydroxyl groups is 4. The molecule has 0 saturated heterocycles. The number of ether oxygens (including phenoxy) is 12. The van der Waals surface area contributed by atoms with Crippen LogP contribution in [0.4, 0.5) is 0 Å². The summed E-state index contributed by atoms with van der Waals surface area (Å²) in [6.45, 7) is 20.5. The van der Waals surface area contributed by atoms with Crippen LogP contribution in [-0.4, -0.2) is 133 Å². The lowest BCUT2D eigenvalue weighted by Crippen LogP contribution is -2.44. The van der Waals surface area contributed by atoms with Gasteiger partial charge in [0.1, 0.15) is 172 Å². The first-order valence-electron chi connectivity index (χ1n) is 36.1. The molecule has 0 unspecified atom stereocenters. The quantitative estimate of drug-likeness (QED) is 0.0104. The van der Waals surface area contributed by atoms with Gasteiger partial charge in [-0.1, -0.05) is 102 Å². The Labute approximate surface area is 690 Å². The minimum absolute atomic E-state index is 0.00161. The van der Waals surface area contributed by atoms with Crippen molar-refractivity contribution >= 4 is 22.6 Å². The van der Waals surface area contributed by atoms with Gasteiger partial charge in [0.25, 0.3) is 22.4 Å². The highest BCUT2D eigenvalue weighted by Crippen LogP contribution is 2.38. The lowest BCUT2D eigenvalue weighted by Gasteiger charge is -2.35. The number of carboxylic acids is 1. The van der Waals surface area contributed by atoms with E-state index >= 15 is 0 Å². The highest BCUT2D eigenvalue weighted by Gasteiger charge is 2.41. The Morgan fingerprint density at radius 2 is 0.675 bits per heavy atom. The Bertz CT molecular complexity index is 4940. The molecule has 660 valence electrons. The molecular formula is C81H106O37Si2. The highest BCUT2D eigenvalue weighted by atomic mass is 28.4. The van der Waals surface area contributed by atoms with Gasteiger partial charge in [-0.25, -0.2) is 4.79 Å². The molecule has 7 heterocycles. The predicted molar refractivity (Wildman–Crippen MR) is 431 cm³/mol. The van der Waals surface area contributed by atoms with E-state index < -0.39 is 80.5 Å². The summed E-state index contributed by atoms with van der Waals surface area (Å²) in [6, 6.07) is 26.9. The molecule has 0 saturated carbocycles. The van der Waals surface area contributed by atoms with Crippen molar-refractivity contribution in [3.05, 3.63) is 268 Å². The predicted octanol–water partition coefficient (Wildman–Crippen LogP) is 9.79. The maximum Gasteiger partial charge on any atom is 0.375 e. The number of carbonyl (C=O) groups is 1. The fraction of sp³-hybridized carbons (Fsp3) is 0.407. The molecule has 0 spiro atoms. The van der Waals surface area contributed by atoms with Crippen molar-refractivity contribution in [3.8, 4) is 40.2 Å². The van der Waals surface area contributed by atoms with E-state index in [0.717, 1.165) is 41.9 Å². The molecule has 0 amide bonds. The molecule has 39 heteroatoms. The summed E-state index contributed by atoms with van der Waals surface area (Å²) in [5, 5.41) is 71.3. The van der Waals surface area contributed by atoms with Gasteiger partial charge in [0.2, 0.25) is 55.3 Å². The molecule has 0 aliphatic carbocycles. The van der Waals surface area contributed by atoms with Crippen LogP contribution in [0.1, 0.15) is 115 Å². The van der Waals surface area contributed by atoms with Gasteiger partial charge >= 0.3 is 5.97 Å². The van der Waals surface area contributed by atoms with Gasteiger partial charge in [-0.3, -0.25) is 33.6 Å². The summed E-state index contributed by atoms with van der Waals surface area (Å²) >= 11 is 0. The van der Waals surface area contributed by atoms with Crippen LogP contribution in [-0.2, 0) is 120 Å². The van der Waals surface area contributed by atoms with Gasteiger partial charge in [-0.2, -0.15) is 0 Å². The molecule has 0 atom stereocenters. The van der Waals surface area contributed by atoms with E-state index in [-0.39, 0.29) is 177 Å². The third-order valence-corrected chi connectivity index (χ3v) is 25.0. The SMILES string of the molecule is CC(C)(C)[Si](C)(C)Oc1coc(CO)cc1=O.COCOCc1cc(=O)c(O)c(CO)o1.COCOCc1cc(=O)c(O)co1.COCOCc1cc(=O)c(OCc2ccccc2)c(C(=O)O)o1.COCOCc1cc(=O)c(OCc2ccccc2)c(CO)o1.COCOCc1cc(=O)c(O[Si](C)(C)C(C)(C)C)co1.O=c1cc(CO)occ1O. The molecule has 0 aliphatic heterocycles. The lowest BCUT2D eigenvalue weighted by molar-refractivity contribution is -0.0451. The minimum atomic E-state index is -2.04. The molecule has 9 rings (SSSR count). The summed E-state index contributed by atoms with van der Waals surface area (Å²) in [4.78, 5) is 91.8. The van der Waals surface area contributed by atoms with E-state index in [2.05, 4.69) is 81.6 Å². The average Bonchev–Trinajstić information content (AvgIpc) is 0.445. The average molecular weight is 1730 g/mol. The number of aromatic carboxylic acids is 1. The first-order chi connectivity index (χ1) is 56.9. The topological polar surface area (TPSA) is 520 Å². The number of carboxylic acid groups (broad SMARTS) is 1. The molecule has 120 heavy (non-hydrogen) atoms. The van der Waals surface area contributed by atoms with Crippen molar-refractivity contribution < 1.29 is 142 Å². The van der Waals surface area contributed by atoms with Gasteiger partial charge in [0.15, 0.2) is 34.5 Å². The van der Waals surface area contributed by atoms with Gasteiger partial charge in [-0.15, -0.1) is 0 Å². The van der Waals surface area contributed by atoms with Crippen LogP contribution in [0.3, 0.4) is 0 Å². The third-order valence-electron chi connectivity index (χ3n) is 16.3. The summed E-state index contributed by atoms with van der Waals surface area (Å²) in [7, 11) is 3.37. The van der Waals surface area contributed by atoms with E-state index in [1.807, 2.05) is 48.5 Å². The van der Waals surface area contributed by atoms with Gasteiger partial charge < -0.3 is 137 Å². The maximum atomic E-state index is 12.1. The number of methoxy groups -OCH3 is 5. The largest absolute Gasteiger partial charge is 0.539 e. The maximum absolute atomic E-state index is 12.1. The molecule has 0 bridgehead atoms. The number of hydrogen-bond acceptors (Lipinski definition) is 36. The molecule has 8 N–H and O–H groups in total. The van der Waals surface area contributed by atoms with E-state index in [1.54, 1.807) is 12.1 Å². The van der Waals surface area contributed by atoms with Crippen LogP contribution in [0.2, 0.25) is 36.3 Å². The van der Waals surface area contributed by atoms with Crippen LogP contribution in [0.5, 0.6) is 40.2 Å². The molecule has 2 aromatic carbocycles. The first-order valence-corrected chi connectivity index (χ1v) is 41.9. The molecule has 7 aromatic heterocycles. The van der Waals surface area contributed by atoms with Crippen molar-refractivity contribution in [1.29, 1.82) is 0 Å². The third kappa shape index (κ3) is 37.1. The standard InChI is InChI=1S/C16H16O7.C16H18O6.C14H24O5Si.C12H20O4Si.C9H12O6.C8H10O5.C6H6O4/c1-20-10-21-9-12-7-13(17)14(15(23-12)16(18)19)22-8-11-5-3-2-4-6-11;1-19-11-20-10-13-7-14(18)16(15(8-17)22-13)21-9-12-5-3-2-4-6-12;1-14(2,3)20(5,6)19-13-9-18-11(7-12(13)15)8-17-10-16-4;1-12(2,3)17(4,5)16-11-8-15-9(7-13)6-10(11)14;1-13-5-14-4-6-2-7(11)9(12)8(3-10)15-6;1-11-5-12-3-6-2-7(9)8(10)4-13-6;7-2-4-1-5(8)6(9)3-10-4/h2-7H,8-10H2,1H3,(H,18,19);2-7,17H,8-11H2,1H3;7,9H,8,10H2,1-6H3;6,8,13H,7H2,1-5H3;2,10,12H,3-5H2,1H3;2,4,10H,3,5H2,1H3;1,3,7,9H,2H2. The van der Waals surface area contributed by atoms with E-state index in [1.165, 1.54) is 72.3 Å². The van der Waals surface area contributed by atoms with E-state index in [9.17, 15) is 48.6 Å². The van der Waals surface area contributed by atoms with Crippen LogP contribution in [0, 0.1) is 0 Å². The van der Waals surface area contributed by atoms with Crippen LogP contribution in [0.15, 0.2) is 193 Å². The molecular weight excluding hydrogens is 1620 g/mol. The fourth-order valence-corrected chi connectivity index (χ4v) is 10.2. The molecule has 0 radical (unpaired) electrons. The molecule has 9 aromatic rings. The Morgan fingerprint density at radius 1 is 0.367 bits per heavy atom. The Balaban J connectivity index is 0.000000367. The van der Waals surface area contributed by atoms with Crippen LogP contribution < -0.4 is 56.3 Å². The Hall–Kier alpha value is -11.0. The van der Waals surface area contributed by atoms with Gasteiger partial charge in [0.05, 0.1) is 0 Å². The van der Waals surface area contributed by atoms with Crippen LogP contribution in [0.25, 0.3) is 0 Å². The zero-order valence-electron chi connectivity index (χ0n) is 69.4. The minimum Gasteiger partial charge on any atom is -0.539 e. The fourth-order valence-electron chi connectivity index (χ4n) is 8.23. The lowest BCUT2D eigenvalue weighted by atomic mass is 10.2. The van der Waals surface area contributed by atoms with Crippen LogP contribution >= 0.6 is 0 Å². The van der Waals surface area contributed by atoms with Crippen molar-refractivity contribution in [2.45, 2.75) is 150 Å². The smallest absolute Gasteiger partial charge is 0.375 e. The number of rotatable bonds is 35. The second kappa shape index (κ2) is 53.5. The summed E-state index contributed by atoms with van der Waals surface area (Å²) in [5.41, 5.74) is -1.29. The molecule has 37 nitrogen and oxygen atoms in total. The molecule has 0 aliphatic rings. The Morgan fingerprint density at radius 3 is 1.03 bits per heavy atom. The zero-order chi connectivity index (χ0) is 89.6. The van der Waals surface area contributed by atoms with E-state index in [4.69, 9.17) is 113 Å². The monoisotopic (exact) mass is 1730 g/mol. The number of benzene rings is 2. The van der Waals surface area contributed by atoms with Crippen molar-refractivity contribution in [1.82, 2.24) is 0 Å². The first kappa shape index (κ1) is 103. The summed E-state index contributed by atoms with van der Waals surface area (Å²) in [5.74, 6) is -1.48. The summed E-state index contributed by atoms with van der Waals surface area (Å²) < 4.78 is 107. The van der Waals surface area contributed by atoms with Crippen molar-refractivity contribution in [3.63, 3.8) is 0 Å². The highest BCUT2D eigenvalue weighted by molar-refractivity contribution is 6.75. The van der Waals surface area contributed by atoms with Gasteiger partial charge in [-0.05, 0) is 47.4 Å². The van der Waals surface area contributed by atoms with Crippen molar-refractivity contribution in [2.75, 3.05) is 69.5 Å². The second-order valence-corrected chi connectivity index (χ2v) is 37.2. The Kier molecular flexibility index (Phi) is 46.1. The molecule has 0 fully saturated rings. The number of hydrogen-bond donors (Lipinski definition) is 8. The van der Waals surface area contributed by atoms with E-state index in [0.29, 0.717) is 17.3 Å². The van der Waals surface area contributed by atoms with Crippen molar-refractivity contribution in [2.24, 2.45) is 0 Å².